The fourth-order valence-electron chi connectivity index (χ4n) is 3.29. The summed E-state index contributed by atoms with van der Waals surface area (Å²) in [6.07, 6.45) is 1.66. The largest absolute Gasteiger partial charge is 0.335 e. The number of aromatic amines is 1. The van der Waals surface area contributed by atoms with Crippen LogP contribution in [0.2, 0.25) is 0 Å². The highest BCUT2D eigenvalue weighted by molar-refractivity contribution is 5.80. The Hall–Kier alpha value is -2.92. The van der Waals surface area contributed by atoms with Crippen LogP contribution < -0.4 is 5.32 Å². The maximum absolute atomic E-state index is 11.9. The molecule has 0 radical (unpaired) electrons. The van der Waals surface area contributed by atoms with Crippen LogP contribution in [0.1, 0.15) is 23.0 Å². The number of rotatable bonds is 4. The van der Waals surface area contributed by atoms with Gasteiger partial charge in [-0.2, -0.15) is 5.10 Å². The van der Waals surface area contributed by atoms with E-state index in [1.807, 2.05) is 25.1 Å². The first-order valence-corrected chi connectivity index (χ1v) is 8.38. The van der Waals surface area contributed by atoms with Gasteiger partial charge in [0.2, 0.25) is 5.91 Å². The van der Waals surface area contributed by atoms with Crippen molar-refractivity contribution in [3.63, 3.8) is 0 Å². The van der Waals surface area contributed by atoms with Crippen LogP contribution >= 0.6 is 0 Å². The van der Waals surface area contributed by atoms with Gasteiger partial charge in [-0.3, -0.25) is 14.8 Å². The van der Waals surface area contributed by atoms with Crippen molar-refractivity contribution in [3.8, 4) is 11.1 Å². The molecule has 1 atom stereocenters. The molecule has 1 aliphatic heterocycles. The molecule has 2 aromatic carbocycles. The summed E-state index contributed by atoms with van der Waals surface area (Å²) in [6, 6.07) is 18.8. The number of aryl methyl sites for hydroxylation is 1. The number of aromatic nitrogens is 2. The van der Waals surface area contributed by atoms with E-state index in [-0.39, 0.29) is 12.1 Å². The number of hydrogen-bond acceptors (Lipinski definition) is 3. The van der Waals surface area contributed by atoms with Gasteiger partial charge < -0.3 is 5.32 Å². The summed E-state index contributed by atoms with van der Waals surface area (Å²) in [6.45, 7) is 3.08. The Balaban J connectivity index is 1.53. The van der Waals surface area contributed by atoms with Crippen LogP contribution in [0, 0.1) is 6.92 Å². The van der Waals surface area contributed by atoms with Crippen LogP contribution in [0.25, 0.3) is 11.1 Å². The Morgan fingerprint density at radius 2 is 1.80 bits per heavy atom. The molecule has 0 saturated carbocycles. The summed E-state index contributed by atoms with van der Waals surface area (Å²) in [5.74, 6) is 0.0477. The summed E-state index contributed by atoms with van der Waals surface area (Å²) < 4.78 is 0. The smallest absolute Gasteiger partial charge is 0.235 e. The molecule has 5 heteroatoms. The second-order valence-electron chi connectivity index (χ2n) is 6.39. The number of carbonyl (C=O) groups excluding carboxylic acids is 1. The highest BCUT2D eigenvalue weighted by Gasteiger charge is 2.32. The van der Waals surface area contributed by atoms with Crippen molar-refractivity contribution < 1.29 is 4.79 Å². The molecule has 1 aliphatic rings. The fourth-order valence-corrected chi connectivity index (χ4v) is 3.29. The minimum atomic E-state index is -0.125. The van der Waals surface area contributed by atoms with E-state index >= 15 is 0 Å². The topological polar surface area (TPSA) is 61.0 Å². The minimum Gasteiger partial charge on any atom is -0.335 e. The molecule has 0 spiro atoms. The molecular weight excluding hydrogens is 312 g/mol. The van der Waals surface area contributed by atoms with Gasteiger partial charge in [0, 0.05) is 17.8 Å². The lowest BCUT2D eigenvalue weighted by Crippen LogP contribution is -2.27. The maximum atomic E-state index is 11.9. The third-order valence-corrected chi connectivity index (χ3v) is 4.62. The number of amides is 1. The number of benzene rings is 2. The molecule has 4 rings (SSSR count). The molecule has 1 fully saturated rings. The normalized spacial score (nSPS) is 17.6. The molecule has 5 nitrogen and oxygen atoms in total. The number of H-pyrrole nitrogens is 1. The first kappa shape index (κ1) is 15.6. The summed E-state index contributed by atoms with van der Waals surface area (Å²) in [5, 5.41) is 10.0. The molecule has 0 aliphatic carbocycles. The Bertz CT molecular complexity index is 870. The molecule has 25 heavy (non-hydrogen) atoms. The van der Waals surface area contributed by atoms with E-state index in [4.69, 9.17) is 0 Å². The second-order valence-corrected chi connectivity index (χ2v) is 6.39. The molecule has 0 unspecified atom stereocenters. The highest BCUT2D eigenvalue weighted by Crippen LogP contribution is 2.26. The molecule has 1 saturated heterocycles. The van der Waals surface area contributed by atoms with Crippen molar-refractivity contribution in [1.29, 1.82) is 0 Å². The molecule has 3 aromatic rings. The lowest BCUT2D eigenvalue weighted by molar-refractivity contribution is -0.118. The monoisotopic (exact) mass is 332 g/mol. The second kappa shape index (κ2) is 6.53. The van der Waals surface area contributed by atoms with Crippen LogP contribution in [0.15, 0.2) is 60.8 Å². The molecule has 2 heterocycles. The van der Waals surface area contributed by atoms with Crippen LogP contribution in [0.5, 0.6) is 0 Å². The van der Waals surface area contributed by atoms with Crippen molar-refractivity contribution in [2.45, 2.75) is 19.6 Å². The zero-order chi connectivity index (χ0) is 17.2. The number of nitrogens with one attached hydrogen (secondary N) is 2. The molecular formula is C20H20N4O. The summed E-state index contributed by atoms with van der Waals surface area (Å²) in [5.41, 5.74) is 5.59. The minimum absolute atomic E-state index is 0.0477. The van der Waals surface area contributed by atoms with Crippen molar-refractivity contribution in [2.75, 3.05) is 6.54 Å². The molecule has 2 N–H and O–H groups in total. The lowest BCUT2D eigenvalue weighted by atomic mass is 10.0. The van der Waals surface area contributed by atoms with Gasteiger partial charge in [-0.25, -0.2) is 0 Å². The van der Waals surface area contributed by atoms with Gasteiger partial charge >= 0.3 is 0 Å². The van der Waals surface area contributed by atoms with E-state index in [2.05, 4.69) is 56.8 Å². The zero-order valence-corrected chi connectivity index (χ0v) is 14.1. The van der Waals surface area contributed by atoms with Gasteiger partial charge in [-0.1, -0.05) is 54.6 Å². The van der Waals surface area contributed by atoms with Crippen LogP contribution in [-0.4, -0.2) is 27.5 Å². The third-order valence-electron chi connectivity index (χ3n) is 4.62. The molecule has 126 valence electrons. The average molecular weight is 332 g/mol. The Morgan fingerprint density at radius 3 is 2.48 bits per heavy atom. The van der Waals surface area contributed by atoms with Gasteiger partial charge in [0.15, 0.2) is 0 Å². The maximum Gasteiger partial charge on any atom is 0.235 e. The molecule has 0 bridgehead atoms. The number of carbonyl (C=O) groups is 1. The first-order chi connectivity index (χ1) is 12.2. The average Bonchev–Trinajstić information content (AvgIpc) is 3.21. The predicted molar refractivity (Wildman–Crippen MR) is 96.5 cm³/mol. The van der Waals surface area contributed by atoms with E-state index in [1.54, 1.807) is 6.20 Å². The van der Waals surface area contributed by atoms with E-state index < -0.39 is 0 Å². The summed E-state index contributed by atoms with van der Waals surface area (Å²) >= 11 is 0. The predicted octanol–water partition coefficient (Wildman–Crippen LogP) is 3.02. The third kappa shape index (κ3) is 3.19. The molecule has 1 amide bonds. The standard InChI is InChI=1S/C20H20N4O/c1-14-18(11-21-23-14)20-22-19(25)13-24(20)12-15-7-9-17(10-8-15)16-5-3-2-4-6-16/h2-11,20H,12-13H2,1H3,(H,21,23)(H,22,25)/t20-/m1/s1. The number of nitrogens with zero attached hydrogens (tertiary/aromatic N) is 2. The van der Waals surface area contributed by atoms with E-state index in [1.165, 1.54) is 16.7 Å². The van der Waals surface area contributed by atoms with Crippen molar-refractivity contribution >= 4 is 5.91 Å². The Labute approximate surface area is 146 Å². The fraction of sp³-hybridized carbons (Fsp3) is 0.200. The molecule has 1 aromatic heterocycles. The Kier molecular flexibility index (Phi) is 4.07. The van der Waals surface area contributed by atoms with Gasteiger partial charge in [0.1, 0.15) is 6.17 Å². The van der Waals surface area contributed by atoms with Crippen LogP contribution in [0.3, 0.4) is 0 Å². The van der Waals surface area contributed by atoms with Crippen molar-refractivity contribution in [3.05, 3.63) is 77.6 Å². The van der Waals surface area contributed by atoms with Crippen LogP contribution in [0.4, 0.5) is 0 Å². The van der Waals surface area contributed by atoms with Crippen molar-refractivity contribution in [1.82, 2.24) is 20.4 Å². The van der Waals surface area contributed by atoms with E-state index in [0.717, 1.165) is 11.3 Å². The first-order valence-electron chi connectivity index (χ1n) is 8.38. The van der Waals surface area contributed by atoms with Gasteiger partial charge in [0.25, 0.3) is 0 Å². The highest BCUT2D eigenvalue weighted by atomic mass is 16.2. The van der Waals surface area contributed by atoms with E-state index in [9.17, 15) is 4.79 Å². The summed E-state index contributed by atoms with van der Waals surface area (Å²) in [7, 11) is 0. The van der Waals surface area contributed by atoms with Gasteiger partial charge in [-0.15, -0.1) is 0 Å². The van der Waals surface area contributed by atoms with Crippen molar-refractivity contribution in [2.24, 2.45) is 0 Å². The Morgan fingerprint density at radius 1 is 1.08 bits per heavy atom. The lowest BCUT2D eigenvalue weighted by Gasteiger charge is -2.23. The summed E-state index contributed by atoms with van der Waals surface area (Å²) in [4.78, 5) is 14.1. The zero-order valence-electron chi connectivity index (χ0n) is 14.1. The SMILES string of the molecule is Cc1[nH]ncc1[C@@H]1NC(=O)CN1Cc1ccc(-c2ccccc2)cc1. The van der Waals surface area contributed by atoms with E-state index in [0.29, 0.717) is 13.1 Å². The van der Waals surface area contributed by atoms with Crippen LogP contribution in [-0.2, 0) is 11.3 Å². The van der Waals surface area contributed by atoms with Gasteiger partial charge in [0.05, 0.1) is 12.7 Å². The van der Waals surface area contributed by atoms with Gasteiger partial charge in [-0.05, 0) is 23.6 Å². The number of hydrogen-bond donors (Lipinski definition) is 2. The quantitative estimate of drug-likeness (QED) is 0.772.